The average molecular weight is 397 g/mol. The third-order valence-corrected chi connectivity index (χ3v) is 4.87. The molecule has 0 aliphatic carbocycles. The van der Waals surface area contributed by atoms with Crippen molar-refractivity contribution in [3.63, 3.8) is 0 Å². The molecule has 0 saturated carbocycles. The fourth-order valence-corrected chi connectivity index (χ4v) is 3.27. The Morgan fingerprint density at radius 1 is 0.536 bits per heavy atom. The molecule has 0 fully saturated rings. The lowest BCUT2D eigenvalue weighted by atomic mass is 9.80. The smallest absolute Gasteiger partial charge is 0.0550 e. The van der Waals surface area contributed by atoms with E-state index in [1.54, 1.807) is 0 Å². The molecule has 0 N–H and O–H groups in total. The number of hydrogen-bond donors (Lipinski definition) is 0. The maximum atomic E-state index is 5.78. The van der Waals surface area contributed by atoms with Gasteiger partial charge in [-0.25, -0.2) is 0 Å². The van der Waals surface area contributed by atoms with Crippen molar-refractivity contribution in [3.8, 4) is 0 Å². The molecular formula is C24H44O4. The minimum atomic E-state index is -0.0643. The van der Waals surface area contributed by atoms with Gasteiger partial charge in [0, 0.05) is 37.3 Å². The molecule has 0 aromatic rings. The van der Waals surface area contributed by atoms with E-state index in [4.69, 9.17) is 18.9 Å². The molecular weight excluding hydrogens is 352 g/mol. The van der Waals surface area contributed by atoms with Crippen LogP contribution in [0, 0.1) is 10.8 Å². The van der Waals surface area contributed by atoms with Crippen LogP contribution >= 0.6 is 0 Å². The second-order valence-electron chi connectivity index (χ2n) is 7.41. The summed E-state index contributed by atoms with van der Waals surface area (Å²) < 4.78 is 23.1. The van der Waals surface area contributed by atoms with Crippen LogP contribution in [0.3, 0.4) is 0 Å². The lowest BCUT2D eigenvalue weighted by Gasteiger charge is -2.33. The van der Waals surface area contributed by atoms with Gasteiger partial charge in [-0.2, -0.15) is 0 Å². The zero-order chi connectivity index (χ0) is 21.1. The van der Waals surface area contributed by atoms with Crippen LogP contribution in [-0.4, -0.2) is 52.9 Å². The predicted molar refractivity (Wildman–Crippen MR) is 119 cm³/mol. The van der Waals surface area contributed by atoms with Crippen molar-refractivity contribution in [1.29, 1.82) is 0 Å². The lowest BCUT2D eigenvalue weighted by Crippen LogP contribution is -2.33. The molecule has 0 amide bonds. The summed E-state index contributed by atoms with van der Waals surface area (Å²) in [6.45, 7) is 21.5. The van der Waals surface area contributed by atoms with Gasteiger partial charge in [-0.05, 0) is 53.4 Å². The van der Waals surface area contributed by atoms with Crippen molar-refractivity contribution in [3.05, 3.63) is 37.5 Å². The van der Waals surface area contributed by atoms with Crippen LogP contribution in [0.1, 0.15) is 53.4 Å². The summed E-state index contributed by atoms with van der Waals surface area (Å²) in [7, 11) is 0. The molecule has 28 heavy (non-hydrogen) atoms. The molecule has 4 nitrogen and oxygen atoms in total. The monoisotopic (exact) mass is 396 g/mol. The van der Waals surface area contributed by atoms with Crippen LogP contribution < -0.4 is 0 Å². The third kappa shape index (κ3) is 11.2. The van der Waals surface area contributed by atoms with Crippen molar-refractivity contribution in [2.24, 2.45) is 10.8 Å². The SMILES string of the molecule is C=CCC(CC=CCC(CC=C)(COCC)COCC)(COCC)COCC. The first-order valence-electron chi connectivity index (χ1n) is 10.7. The predicted octanol–water partition coefficient (Wildman–Crippen LogP) is 5.59. The molecule has 0 unspecified atom stereocenters. The van der Waals surface area contributed by atoms with Crippen LogP contribution in [0.5, 0.6) is 0 Å². The topological polar surface area (TPSA) is 36.9 Å². The first kappa shape index (κ1) is 27.1. The van der Waals surface area contributed by atoms with Crippen LogP contribution in [0.4, 0.5) is 0 Å². The maximum Gasteiger partial charge on any atom is 0.0550 e. The van der Waals surface area contributed by atoms with Crippen LogP contribution in [0.25, 0.3) is 0 Å². The highest BCUT2D eigenvalue weighted by molar-refractivity contribution is 4.99. The third-order valence-electron chi connectivity index (χ3n) is 4.87. The lowest BCUT2D eigenvalue weighted by molar-refractivity contribution is -0.0158. The molecule has 0 radical (unpaired) electrons. The van der Waals surface area contributed by atoms with E-state index in [2.05, 4.69) is 25.3 Å². The first-order valence-corrected chi connectivity index (χ1v) is 10.7. The van der Waals surface area contributed by atoms with Crippen molar-refractivity contribution in [1.82, 2.24) is 0 Å². The standard InChI is InChI=1S/C24H44O4/c1-7-15-23(19-25-9-3,20-26-10-4)17-13-14-18-24(16-8-2,21-27-11-5)22-28-12-6/h7-8,13-14H,1-2,9-12,15-22H2,3-6H3. The van der Waals surface area contributed by atoms with Gasteiger partial charge in [0.25, 0.3) is 0 Å². The first-order chi connectivity index (χ1) is 13.6. The van der Waals surface area contributed by atoms with Gasteiger partial charge in [0.15, 0.2) is 0 Å². The molecule has 0 spiro atoms. The summed E-state index contributed by atoms with van der Waals surface area (Å²) in [6.07, 6.45) is 12.0. The Balaban J connectivity index is 5.18. The van der Waals surface area contributed by atoms with E-state index in [0.29, 0.717) is 52.9 Å². The zero-order valence-electron chi connectivity index (χ0n) is 18.8. The Hall–Kier alpha value is -0.940. The van der Waals surface area contributed by atoms with E-state index >= 15 is 0 Å². The average Bonchev–Trinajstić information content (AvgIpc) is 2.71. The quantitative estimate of drug-likeness (QED) is 0.251. The zero-order valence-corrected chi connectivity index (χ0v) is 18.8. The van der Waals surface area contributed by atoms with E-state index < -0.39 is 0 Å². The molecule has 0 aromatic heterocycles. The fraction of sp³-hybridized carbons (Fsp3) is 0.750. The van der Waals surface area contributed by atoms with Gasteiger partial charge >= 0.3 is 0 Å². The van der Waals surface area contributed by atoms with Crippen molar-refractivity contribution < 1.29 is 18.9 Å². The second-order valence-corrected chi connectivity index (χ2v) is 7.41. The van der Waals surface area contributed by atoms with E-state index in [9.17, 15) is 0 Å². The Morgan fingerprint density at radius 2 is 0.821 bits per heavy atom. The highest BCUT2D eigenvalue weighted by Gasteiger charge is 2.30. The molecule has 4 heteroatoms. The summed E-state index contributed by atoms with van der Waals surface area (Å²) in [5.41, 5.74) is -0.129. The van der Waals surface area contributed by atoms with Crippen LogP contribution in [0.2, 0.25) is 0 Å². The van der Waals surface area contributed by atoms with Crippen LogP contribution in [0.15, 0.2) is 37.5 Å². The summed E-state index contributed by atoms with van der Waals surface area (Å²) in [6, 6.07) is 0. The number of rotatable bonds is 20. The highest BCUT2D eigenvalue weighted by Crippen LogP contribution is 2.32. The fourth-order valence-electron chi connectivity index (χ4n) is 3.27. The Morgan fingerprint density at radius 3 is 1.04 bits per heavy atom. The minimum absolute atomic E-state index is 0.0643. The van der Waals surface area contributed by atoms with Crippen LogP contribution in [-0.2, 0) is 18.9 Å². The minimum Gasteiger partial charge on any atom is -0.381 e. The van der Waals surface area contributed by atoms with Gasteiger partial charge in [0.1, 0.15) is 0 Å². The van der Waals surface area contributed by atoms with Gasteiger partial charge in [-0.1, -0.05) is 24.3 Å². The largest absolute Gasteiger partial charge is 0.381 e. The Bertz CT molecular complexity index is 363. The van der Waals surface area contributed by atoms with Crippen molar-refractivity contribution in [2.75, 3.05) is 52.9 Å². The molecule has 0 aliphatic heterocycles. The number of hydrogen-bond acceptors (Lipinski definition) is 4. The normalized spacial score (nSPS) is 12.6. The van der Waals surface area contributed by atoms with E-state index in [-0.39, 0.29) is 10.8 Å². The van der Waals surface area contributed by atoms with Gasteiger partial charge in [-0.15, -0.1) is 13.2 Å². The number of allylic oxidation sites excluding steroid dienone is 4. The van der Waals surface area contributed by atoms with Gasteiger partial charge < -0.3 is 18.9 Å². The Labute approximate surface area is 174 Å². The van der Waals surface area contributed by atoms with Gasteiger partial charge in [0.2, 0.25) is 0 Å². The molecule has 0 bridgehead atoms. The van der Waals surface area contributed by atoms with Gasteiger partial charge in [0.05, 0.1) is 26.4 Å². The van der Waals surface area contributed by atoms with E-state index in [1.807, 2.05) is 39.8 Å². The molecule has 0 aromatic carbocycles. The summed E-state index contributed by atoms with van der Waals surface area (Å²) in [5, 5.41) is 0. The van der Waals surface area contributed by atoms with Gasteiger partial charge in [-0.3, -0.25) is 0 Å². The summed E-state index contributed by atoms with van der Waals surface area (Å²) in [5.74, 6) is 0. The molecule has 0 saturated heterocycles. The maximum absolute atomic E-state index is 5.78. The van der Waals surface area contributed by atoms with Crippen molar-refractivity contribution in [2.45, 2.75) is 53.4 Å². The summed E-state index contributed by atoms with van der Waals surface area (Å²) in [4.78, 5) is 0. The summed E-state index contributed by atoms with van der Waals surface area (Å²) >= 11 is 0. The number of ether oxygens (including phenoxy) is 4. The van der Waals surface area contributed by atoms with E-state index in [0.717, 1.165) is 25.7 Å². The molecule has 0 rings (SSSR count). The molecule has 0 heterocycles. The van der Waals surface area contributed by atoms with Crippen molar-refractivity contribution >= 4 is 0 Å². The molecule has 0 atom stereocenters. The Kier molecular flexibility index (Phi) is 16.4. The highest BCUT2D eigenvalue weighted by atomic mass is 16.5. The van der Waals surface area contributed by atoms with E-state index in [1.165, 1.54) is 0 Å². The molecule has 164 valence electrons. The second kappa shape index (κ2) is 17.0. The molecule has 0 aliphatic rings.